The van der Waals surface area contributed by atoms with Crippen molar-refractivity contribution < 1.29 is 4.74 Å². The Kier molecular flexibility index (Phi) is 3.53. The van der Waals surface area contributed by atoms with E-state index in [-0.39, 0.29) is 5.41 Å². The molecule has 2 N–H and O–H groups in total. The van der Waals surface area contributed by atoms with Gasteiger partial charge in [-0.2, -0.15) is 0 Å². The Morgan fingerprint density at radius 3 is 2.45 bits per heavy atom. The lowest BCUT2D eigenvalue weighted by atomic mass is 9.46. The molecule has 2 nitrogen and oxygen atoms in total. The quantitative estimate of drug-likeness (QED) is 0.905. The van der Waals surface area contributed by atoms with Crippen LogP contribution < -0.4 is 10.5 Å². The molecule has 0 heterocycles. The SMILES string of the molecule is COc1ccc(C)cc1C1(CN)CC2(CCCCC2)C1. The molecule has 2 aliphatic carbocycles. The van der Waals surface area contributed by atoms with Gasteiger partial charge in [0.2, 0.25) is 0 Å². The number of benzene rings is 1. The number of ether oxygens (including phenoxy) is 1. The number of rotatable bonds is 3. The first-order valence-electron chi connectivity index (χ1n) is 7.98. The van der Waals surface area contributed by atoms with E-state index in [0.717, 1.165) is 12.3 Å². The normalized spacial score (nSPS) is 23.4. The van der Waals surface area contributed by atoms with Gasteiger partial charge in [-0.25, -0.2) is 0 Å². The Hall–Kier alpha value is -1.02. The van der Waals surface area contributed by atoms with E-state index in [1.165, 1.54) is 56.1 Å². The molecule has 1 aromatic rings. The first kappa shape index (κ1) is 13.9. The highest BCUT2D eigenvalue weighted by molar-refractivity contribution is 5.45. The molecular formula is C18H27NO. The van der Waals surface area contributed by atoms with Gasteiger partial charge in [0.05, 0.1) is 7.11 Å². The van der Waals surface area contributed by atoms with Crippen LogP contribution in [0, 0.1) is 12.3 Å². The minimum atomic E-state index is 0.161. The molecule has 20 heavy (non-hydrogen) atoms. The standard InChI is InChI=1S/C18H27NO/c1-14-6-7-16(20-2)15(10-14)18(13-19)11-17(12-18)8-4-3-5-9-17/h6-7,10H,3-5,8-9,11-13,19H2,1-2H3. The number of aryl methyl sites for hydroxylation is 1. The Morgan fingerprint density at radius 2 is 1.85 bits per heavy atom. The van der Waals surface area contributed by atoms with E-state index in [1.54, 1.807) is 7.11 Å². The van der Waals surface area contributed by atoms with Crippen LogP contribution in [-0.4, -0.2) is 13.7 Å². The molecular weight excluding hydrogens is 246 g/mol. The fourth-order valence-electron chi connectivity index (χ4n) is 4.72. The third-order valence-corrected chi connectivity index (χ3v) is 5.66. The minimum Gasteiger partial charge on any atom is -0.496 e. The van der Waals surface area contributed by atoms with Gasteiger partial charge < -0.3 is 10.5 Å². The summed E-state index contributed by atoms with van der Waals surface area (Å²) in [7, 11) is 1.77. The molecule has 0 radical (unpaired) electrons. The maximum atomic E-state index is 6.21. The number of nitrogens with two attached hydrogens (primary N) is 1. The van der Waals surface area contributed by atoms with Crippen molar-refractivity contribution in [1.82, 2.24) is 0 Å². The number of methoxy groups -OCH3 is 1. The molecule has 0 aliphatic heterocycles. The molecule has 1 spiro atoms. The Balaban J connectivity index is 1.90. The molecule has 110 valence electrons. The first-order chi connectivity index (χ1) is 9.63. The van der Waals surface area contributed by atoms with Crippen LogP contribution in [0.25, 0.3) is 0 Å². The number of hydrogen-bond donors (Lipinski definition) is 1. The summed E-state index contributed by atoms with van der Waals surface area (Å²) in [5.41, 5.74) is 9.61. The Labute approximate surface area is 122 Å². The van der Waals surface area contributed by atoms with Gasteiger partial charge in [0.25, 0.3) is 0 Å². The second-order valence-corrected chi connectivity index (χ2v) is 7.10. The second-order valence-electron chi connectivity index (χ2n) is 7.10. The molecule has 3 rings (SSSR count). The molecule has 2 fully saturated rings. The van der Waals surface area contributed by atoms with Gasteiger partial charge in [-0.1, -0.05) is 37.0 Å². The van der Waals surface area contributed by atoms with Crippen LogP contribution in [0.1, 0.15) is 56.1 Å². The van der Waals surface area contributed by atoms with Gasteiger partial charge >= 0.3 is 0 Å². The van der Waals surface area contributed by atoms with Crippen LogP contribution in [0.3, 0.4) is 0 Å². The zero-order valence-corrected chi connectivity index (χ0v) is 12.9. The van der Waals surface area contributed by atoms with Crippen LogP contribution >= 0.6 is 0 Å². The first-order valence-corrected chi connectivity index (χ1v) is 7.98. The van der Waals surface area contributed by atoms with Gasteiger partial charge in [0.1, 0.15) is 5.75 Å². The average molecular weight is 273 g/mol. The topological polar surface area (TPSA) is 35.2 Å². The second kappa shape index (κ2) is 5.07. The van der Waals surface area contributed by atoms with Crippen LogP contribution in [-0.2, 0) is 5.41 Å². The van der Waals surface area contributed by atoms with Crippen molar-refractivity contribution in [3.63, 3.8) is 0 Å². The van der Waals surface area contributed by atoms with Gasteiger partial charge in [-0.3, -0.25) is 0 Å². The van der Waals surface area contributed by atoms with Crippen molar-refractivity contribution in [2.75, 3.05) is 13.7 Å². The van der Waals surface area contributed by atoms with Gasteiger partial charge in [0, 0.05) is 17.5 Å². The zero-order valence-electron chi connectivity index (χ0n) is 12.9. The van der Waals surface area contributed by atoms with E-state index in [1.807, 2.05) is 0 Å². The van der Waals surface area contributed by atoms with E-state index in [4.69, 9.17) is 10.5 Å². The molecule has 1 aromatic carbocycles. The fourth-order valence-corrected chi connectivity index (χ4v) is 4.72. The zero-order chi connectivity index (χ0) is 14.2. The monoisotopic (exact) mass is 273 g/mol. The average Bonchev–Trinajstić information content (AvgIpc) is 2.45. The summed E-state index contributed by atoms with van der Waals surface area (Å²) >= 11 is 0. The lowest BCUT2D eigenvalue weighted by Crippen LogP contribution is -2.54. The van der Waals surface area contributed by atoms with E-state index in [9.17, 15) is 0 Å². The van der Waals surface area contributed by atoms with E-state index < -0.39 is 0 Å². The smallest absolute Gasteiger partial charge is 0.122 e. The summed E-state index contributed by atoms with van der Waals surface area (Å²) in [4.78, 5) is 0. The van der Waals surface area contributed by atoms with Gasteiger partial charge in [-0.05, 0) is 44.1 Å². The van der Waals surface area contributed by atoms with Crippen LogP contribution in [0.4, 0.5) is 0 Å². The summed E-state index contributed by atoms with van der Waals surface area (Å²) < 4.78 is 5.60. The summed E-state index contributed by atoms with van der Waals surface area (Å²) in [5, 5.41) is 0. The Morgan fingerprint density at radius 1 is 1.15 bits per heavy atom. The maximum absolute atomic E-state index is 6.21. The third-order valence-electron chi connectivity index (χ3n) is 5.66. The molecule has 2 aliphatic rings. The molecule has 0 amide bonds. The highest BCUT2D eigenvalue weighted by atomic mass is 16.5. The third kappa shape index (κ3) is 2.14. The molecule has 0 atom stereocenters. The molecule has 2 heteroatoms. The summed E-state index contributed by atoms with van der Waals surface area (Å²) in [6.07, 6.45) is 9.57. The molecule has 0 bridgehead atoms. The predicted octanol–water partition coefficient (Wildman–Crippen LogP) is 3.94. The minimum absolute atomic E-state index is 0.161. The molecule has 0 unspecified atom stereocenters. The molecule has 0 saturated heterocycles. The lowest BCUT2D eigenvalue weighted by molar-refractivity contribution is -0.00942. The van der Waals surface area contributed by atoms with Crippen LogP contribution in [0.2, 0.25) is 0 Å². The lowest BCUT2D eigenvalue weighted by Gasteiger charge is -2.58. The van der Waals surface area contributed by atoms with Crippen molar-refractivity contribution in [2.45, 2.75) is 57.3 Å². The van der Waals surface area contributed by atoms with Crippen LogP contribution in [0.5, 0.6) is 5.75 Å². The van der Waals surface area contributed by atoms with Crippen molar-refractivity contribution in [1.29, 1.82) is 0 Å². The van der Waals surface area contributed by atoms with Crippen molar-refractivity contribution in [3.8, 4) is 5.75 Å². The van der Waals surface area contributed by atoms with Crippen molar-refractivity contribution >= 4 is 0 Å². The van der Waals surface area contributed by atoms with Gasteiger partial charge in [-0.15, -0.1) is 0 Å². The highest BCUT2D eigenvalue weighted by Gasteiger charge is 2.55. The number of hydrogen-bond acceptors (Lipinski definition) is 2. The van der Waals surface area contributed by atoms with E-state index >= 15 is 0 Å². The van der Waals surface area contributed by atoms with Crippen molar-refractivity contribution in [3.05, 3.63) is 29.3 Å². The maximum Gasteiger partial charge on any atom is 0.122 e. The highest BCUT2D eigenvalue weighted by Crippen LogP contribution is 2.62. The van der Waals surface area contributed by atoms with E-state index in [0.29, 0.717) is 5.41 Å². The summed E-state index contributed by atoms with van der Waals surface area (Å²) in [6.45, 7) is 2.90. The van der Waals surface area contributed by atoms with Gasteiger partial charge in [0.15, 0.2) is 0 Å². The Bertz CT molecular complexity index is 480. The summed E-state index contributed by atoms with van der Waals surface area (Å²) in [6, 6.07) is 6.52. The molecule has 2 saturated carbocycles. The summed E-state index contributed by atoms with van der Waals surface area (Å²) in [5.74, 6) is 1.02. The largest absolute Gasteiger partial charge is 0.496 e. The van der Waals surface area contributed by atoms with Crippen LogP contribution in [0.15, 0.2) is 18.2 Å². The predicted molar refractivity (Wildman–Crippen MR) is 83.2 cm³/mol. The molecule has 0 aromatic heterocycles. The fraction of sp³-hybridized carbons (Fsp3) is 0.667. The van der Waals surface area contributed by atoms with Crippen molar-refractivity contribution in [2.24, 2.45) is 11.1 Å². The van der Waals surface area contributed by atoms with E-state index in [2.05, 4.69) is 25.1 Å².